The van der Waals surface area contributed by atoms with Crippen LogP contribution >= 0.6 is 48.8 Å². The van der Waals surface area contributed by atoms with Crippen molar-refractivity contribution >= 4 is 60.3 Å². The lowest BCUT2D eigenvalue weighted by Crippen LogP contribution is -2.06. The van der Waals surface area contributed by atoms with E-state index in [-0.39, 0.29) is 22.8 Å². The third kappa shape index (κ3) is 2.38. The molecule has 0 unspecified atom stereocenters. The van der Waals surface area contributed by atoms with Gasteiger partial charge in [0.1, 0.15) is 11.3 Å². The van der Waals surface area contributed by atoms with E-state index < -0.39 is 0 Å². The molecule has 0 bridgehead atoms. The lowest BCUT2D eigenvalue weighted by atomic mass is 10.2. The summed E-state index contributed by atoms with van der Waals surface area (Å²) in [5.41, 5.74) is 2.20. The zero-order valence-corrected chi connectivity index (χ0v) is 13.3. The second kappa shape index (κ2) is 5.42. The molecule has 86 valence electrons. The van der Waals surface area contributed by atoms with Crippen molar-refractivity contribution < 1.29 is 4.79 Å². The first-order chi connectivity index (χ1) is 7.13. The van der Waals surface area contributed by atoms with Crippen molar-refractivity contribution in [3.63, 3.8) is 0 Å². The van der Waals surface area contributed by atoms with Gasteiger partial charge in [0.25, 0.3) is 0 Å². The molecule has 0 saturated heterocycles. The Hall–Kier alpha value is -0.200. The molecule has 0 spiro atoms. The average Bonchev–Trinajstić information content (AvgIpc) is 2.52. The van der Waals surface area contributed by atoms with E-state index in [0.29, 0.717) is 11.0 Å². The Morgan fingerprint density at radius 2 is 2.19 bits per heavy atom. The molecule has 16 heavy (non-hydrogen) atoms. The van der Waals surface area contributed by atoms with Crippen molar-refractivity contribution in [2.24, 2.45) is 0 Å². The van der Waals surface area contributed by atoms with Gasteiger partial charge in [-0.2, -0.15) is 0 Å². The highest BCUT2D eigenvalue weighted by molar-refractivity contribution is 9.10. The molecule has 0 amide bonds. The normalized spacial score (nSPS) is 10.2. The molecular formula is C10H9Br3N2O. The maximum atomic E-state index is 11.7. The number of ketones is 1. The molecule has 0 aliphatic carbocycles. The van der Waals surface area contributed by atoms with E-state index in [2.05, 4.69) is 36.8 Å². The number of imidazole rings is 1. The standard InChI is InChI=1S/C10H8Br2N2O.BrH/c1-6-10(8(15)4-11)14-5-7(12)2-3-9(14)13-6;/h2-3,5H,4H2,1H3;1H. The summed E-state index contributed by atoms with van der Waals surface area (Å²) in [7, 11) is 0. The molecule has 0 fully saturated rings. The molecular weight excluding hydrogens is 404 g/mol. The first-order valence-electron chi connectivity index (χ1n) is 4.37. The van der Waals surface area contributed by atoms with Crippen LogP contribution in [-0.4, -0.2) is 20.5 Å². The number of fused-ring (bicyclic) bond motifs is 1. The Morgan fingerprint density at radius 1 is 1.50 bits per heavy atom. The molecule has 0 radical (unpaired) electrons. The number of Topliss-reactive ketones (excluding diaryl/α,β-unsaturated/α-hetero) is 1. The summed E-state index contributed by atoms with van der Waals surface area (Å²) in [6, 6.07) is 3.78. The smallest absolute Gasteiger partial charge is 0.191 e. The number of carbonyl (C=O) groups excluding carboxylic acids is 1. The van der Waals surface area contributed by atoms with Gasteiger partial charge in [-0.3, -0.25) is 9.20 Å². The number of nitrogens with zero attached hydrogens (tertiary/aromatic N) is 2. The number of hydrogen-bond donors (Lipinski definition) is 0. The summed E-state index contributed by atoms with van der Waals surface area (Å²) in [6.45, 7) is 1.84. The van der Waals surface area contributed by atoms with Crippen molar-refractivity contribution in [3.05, 3.63) is 34.2 Å². The lowest BCUT2D eigenvalue weighted by molar-refractivity contribution is 0.101. The minimum atomic E-state index is 0. The molecule has 0 saturated carbocycles. The number of alkyl halides is 1. The minimum absolute atomic E-state index is 0. The predicted molar refractivity (Wildman–Crippen MR) is 76.1 cm³/mol. The zero-order valence-electron chi connectivity index (χ0n) is 8.41. The highest BCUT2D eigenvalue weighted by Gasteiger charge is 2.15. The van der Waals surface area contributed by atoms with Gasteiger partial charge in [-0.1, -0.05) is 15.9 Å². The van der Waals surface area contributed by atoms with Gasteiger partial charge in [-0.05, 0) is 35.0 Å². The fraction of sp³-hybridized carbons (Fsp3) is 0.200. The van der Waals surface area contributed by atoms with Crippen molar-refractivity contribution in [3.8, 4) is 0 Å². The molecule has 2 rings (SSSR count). The summed E-state index contributed by atoms with van der Waals surface area (Å²) in [5.74, 6) is 0.0399. The third-order valence-electron chi connectivity index (χ3n) is 2.14. The molecule has 6 heteroatoms. The maximum absolute atomic E-state index is 11.7. The van der Waals surface area contributed by atoms with E-state index in [1.165, 1.54) is 0 Å². The quantitative estimate of drug-likeness (QED) is 0.558. The summed E-state index contributed by atoms with van der Waals surface area (Å²) in [6.07, 6.45) is 1.85. The van der Waals surface area contributed by atoms with Crippen LogP contribution in [-0.2, 0) is 0 Å². The van der Waals surface area contributed by atoms with E-state index in [9.17, 15) is 4.79 Å². The first-order valence-corrected chi connectivity index (χ1v) is 6.28. The van der Waals surface area contributed by atoms with Crippen LogP contribution in [0.3, 0.4) is 0 Å². The van der Waals surface area contributed by atoms with Gasteiger partial charge >= 0.3 is 0 Å². The second-order valence-corrected chi connectivity index (χ2v) is 4.65. The largest absolute Gasteiger partial charge is 0.296 e. The van der Waals surface area contributed by atoms with Crippen molar-refractivity contribution in [2.75, 3.05) is 5.33 Å². The van der Waals surface area contributed by atoms with E-state index in [1.54, 1.807) is 0 Å². The number of hydrogen-bond acceptors (Lipinski definition) is 2. The predicted octanol–water partition coefficient (Wildman–Crippen LogP) is 3.56. The van der Waals surface area contributed by atoms with E-state index in [4.69, 9.17) is 0 Å². The topological polar surface area (TPSA) is 34.4 Å². The van der Waals surface area contributed by atoms with E-state index >= 15 is 0 Å². The van der Waals surface area contributed by atoms with Crippen LogP contribution in [0.1, 0.15) is 16.2 Å². The Morgan fingerprint density at radius 3 is 2.81 bits per heavy atom. The minimum Gasteiger partial charge on any atom is -0.296 e. The number of carbonyl (C=O) groups is 1. The zero-order chi connectivity index (χ0) is 11.0. The molecule has 0 aromatic carbocycles. The van der Waals surface area contributed by atoms with Gasteiger partial charge in [0.15, 0.2) is 5.78 Å². The summed E-state index contributed by atoms with van der Waals surface area (Å²) in [4.78, 5) is 16.0. The number of halogens is 3. The van der Waals surface area contributed by atoms with Crippen LogP contribution in [0.5, 0.6) is 0 Å². The number of aromatic nitrogens is 2. The van der Waals surface area contributed by atoms with Crippen LogP contribution in [0.4, 0.5) is 0 Å². The van der Waals surface area contributed by atoms with Gasteiger partial charge < -0.3 is 0 Å². The number of rotatable bonds is 2. The highest BCUT2D eigenvalue weighted by Crippen LogP contribution is 2.17. The molecule has 0 atom stereocenters. The van der Waals surface area contributed by atoms with Gasteiger partial charge in [-0.15, -0.1) is 17.0 Å². The fourth-order valence-corrected chi connectivity index (χ4v) is 2.14. The maximum Gasteiger partial charge on any atom is 0.191 e. The second-order valence-electron chi connectivity index (χ2n) is 3.18. The third-order valence-corrected chi connectivity index (χ3v) is 3.12. The van der Waals surface area contributed by atoms with Gasteiger partial charge in [0, 0.05) is 10.7 Å². The molecule has 3 nitrogen and oxygen atoms in total. The molecule has 0 N–H and O–H groups in total. The summed E-state index contributed by atoms with van der Waals surface area (Å²) in [5, 5.41) is 0.314. The first kappa shape index (κ1) is 13.9. The van der Waals surface area contributed by atoms with Gasteiger partial charge in [0.2, 0.25) is 0 Å². The lowest BCUT2D eigenvalue weighted by Gasteiger charge is -1.99. The SMILES string of the molecule is Br.Cc1nc2ccc(Br)cn2c1C(=O)CBr. The van der Waals surface area contributed by atoms with Gasteiger partial charge in [-0.25, -0.2) is 4.98 Å². The molecule has 0 aliphatic rings. The summed E-state index contributed by atoms with van der Waals surface area (Å²) >= 11 is 6.55. The Kier molecular flexibility index (Phi) is 4.70. The van der Waals surface area contributed by atoms with Crippen molar-refractivity contribution in [2.45, 2.75) is 6.92 Å². The monoisotopic (exact) mass is 410 g/mol. The van der Waals surface area contributed by atoms with Crippen molar-refractivity contribution in [1.29, 1.82) is 0 Å². The van der Waals surface area contributed by atoms with Crippen LogP contribution in [0.15, 0.2) is 22.8 Å². The number of aryl methyl sites for hydroxylation is 1. The van der Waals surface area contributed by atoms with E-state index in [1.807, 2.05) is 29.7 Å². The van der Waals surface area contributed by atoms with Crippen LogP contribution in [0.25, 0.3) is 5.65 Å². The molecule has 0 aliphatic heterocycles. The summed E-state index contributed by atoms with van der Waals surface area (Å²) < 4.78 is 2.74. The Balaban J connectivity index is 0.00000128. The Labute approximate surface area is 120 Å². The fourth-order valence-electron chi connectivity index (χ4n) is 1.54. The molecule has 2 aromatic heterocycles. The average molecular weight is 413 g/mol. The molecule has 2 aromatic rings. The van der Waals surface area contributed by atoms with E-state index in [0.717, 1.165) is 15.8 Å². The van der Waals surface area contributed by atoms with Crippen LogP contribution in [0.2, 0.25) is 0 Å². The van der Waals surface area contributed by atoms with Gasteiger partial charge in [0.05, 0.1) is 11.0 Å². The van der Waals surface area contributed by atoms with Crippen LogP contribution < -0.4 is 0 Å². The number of pyridine rings is 1. The van der Waals surface area contributed by atoms with Crippen LogP contribution in [0, 0.1) is 6.92 Å². The Bertz CT molecular complexity index is 536. The highest BCUT2D eigenvalue weighted by atomic mass is 79.9. The molecule has 2 heterocycles. The van der Waals surface area contributed by atoms with Crippen molar-refractivity contribution in [1.82, 2.24) is 9.38 Å².